The smallest absolute Gasteiger partial charge is 0.216 e. The molecule has 0 saturated carbocycles. The molecule has 0 N–H and O–H groups in total. The highest BCUT2D eigenvalue weighted by Gasteiger charge is 2.47. The molecule has 1 aliphatic heterocycles. The first-order valence-electron chi connectivity index (χ1n) is 12.9. The third-order valence-corrected chi connectivity index (χ3v) is 7.77. The second-order valence-corrected chi connectivity index (χ2v) is 9.71. The molecule has 4 nitrogen and oxygen atoms in total. The molecule has 0 bridgehead atoms. The van der Waals surface area contributed by atoms with Gasteiger partial charge in [-0.1, -0.05) is 63.2 Å². The quantitative estimate of drug-likeness (QED) is 0.274. The predicted molar refractivity (Wildman–Crippen MR) is 143 cm³/mol. The van der Waals surface area contributed by atoms with Crippen molar-refractivity contribution in [2.75, 3.05) is 0 Å². The van der Waals surface area contributed by atoms with E-state index in [2.05, 4.69) is 110 Å². The van der Waals surface area contributed by atoms with Crippen molar-refractivity contribution in [2.45, 2.75) is 65.3 Å². The molecule has 0 spiro atoms. The molecule has 178 valence electrons. The van der Waals surface area contributed by atoms with Crippen LogP contribution in [-0.4, -0.2) is 15.0 Å². The number of allylic oxidation sites excluding steroid dienone is 1. The van der Waals surface area contributed by atoms with E-state index in [1.807, 2.05) is 10.9 Å². The van der Waals surface area contributed by atoms with Gasteiger partial charge < -0.3 is 0 Å². The van der Waals surface area contributed by atoms with E-state index in [0.717, 1.165) is 36.2 Å². The lowest BCUT2D eigenvalue weighted by molar-refractivity contribution is -0.741. The van der Waals surface area contributed by atoms with Gasteiger partial charge in [0.15, 0.2) is 11.7 Å². The second kappa shape index (κ2) is 9.26. The van der Waals surface area contributed by atoms with E-state index in [4.69, 9.17) is 0 Å². The normalized spacial score (nSPS) is 14.0. The molecule has 0 amide bonds. The van der Waals surface area contributed by atoms with Gasteiger partial charge in [0.05, 0.1) is 17.4 Å². The van der Waals surface area contributed by atoms with Crippen LogP contribution in [-0.2, 0) is 12.0 Å². The van der Waals surface area contributed by atoms with Crippen LogP contribution in [0.1, 0.15) is 63.1 Å². The van der Waals surface area contributed by atoms with Crippen LogP contribution in [0.5, 0.6) is 0 Å². The van der Waals surface area contributed by atoms with Crippen LogP contribution in [0, 0.1) is 6.92 Å². The Morgan fingerprint density at radius 2 is 1.80 bits per heavy atom. The monoisotopic (exact) mass is 463 g/mol. The van der Waals surface area contributed by atoms with Gasteiger partial charge in [-0.2, -0.15) is 4.57 Å². The minimum Gasteiger partial charge on any atom is -0.220 e. The van der Waals surface area contributed by atoms with Gasteiger partial charge in [-0.05, 0) is 55.2 Å². The Morgan fingerprint density at radius 1 is 0.971 bits per heavy atom. The molecule has 0 unspecified atom stereocenters. The van der Waals surface area contributed by atoms with Gasteiger partial charge in [-0.25, -0.2) is 4.68 Å². The minimum absolute atomic E-state index is 0.0981. The van der Waals surface area contributed by atoms with Crippen molar-refractivity contribution in [1.82, 2.24) is 15.0 Å². The number of unbranched alkanes of at least 4 members (excludes halogenated alkanes) is 1. The van der Waals surface area contributed by atoms with E-state index in [9.17, 15) is 0 Å². The number of aromatic nitrogens is 4. The number of hydrogen-bond acceptors (Lipinski definition) is 2. The van der Waals surface area contributed by atoms with Crippen molar-refractivity contribution in [3.8, 4) is 28.2 Å². The van der Waals surface area contributed by atoms with Gasteiger partial charge in [0.1, 0.15) is 5.69 Å². The highest BCUT2D eigenvalue weighted by atomic mass is 15.4. The highest BCUT2D eigenvalue weighted by Crippen LogP contribution is 2.44. The molecule has 3 heterocycles. The van der Waals surface area contributed by atoms with E-state index >= 15 is 0 Å². The molecular formula is C31H35N4+. The molecule has 2 aromatic heterocycles. The Kier molecular flexibility index (Phi) is 6.14. The Hall–Kier alpha value is -3.53. The van der Waals surface area contributed by atoms with E-state index in [1.54, 1.807) is 0 Å². The standard InChI is InChI=1S/C31H35N4/c1-6-9-13-24-14-10-15-25(19-24)29-21-35(33-32-29)26-16-17-27-23(5)31(7-2,8-3)34-18-11-12-22(4)30(34)28(27)20-26/h10-12,14-21H,5-9,13H2,1-4H3/q+1. The Labute approximate surface area is 209 Å². The number of hydrogen-bond donors (Lipinski definition) is 0. The molecule has 1 aliphatic rings. The lowest BCUT2D eigenvalue weighted by Gasteiger charge is -2.35. The molecule has 0 saturated heterocycles. The third-order valence-electron chi connectivity index (χ3n) is 7.77. The van der Waals surface area contributed by atoms with Crippen LogP contribution >= 0.6 is 0 Å². The summed E-state index contributed by atoms with van der Waals surface area (Å²) in [4.78, 5) is 0. The first-order chi connectivity index (χ1) is 17.0. The van der Waals surface area contributed by atoms with Gasteiger partial charge in [-0.15, -0.1) is 5.10 Å². The summed E-state index contributed by atoms with van der Waals surface area (Å²) in [5.74, 6) is 0. The van der Waals surface area contributed by atoms with Crippen LogP contribution in [0.15, 0.2) is 73.6 Å². The average Bonchev–Trinajstić information content (AvgIpc) is 3.39. The zero-order chi connectivity index (χ0) is 24.6. The van der Waals surface area contributed by atoms with E-state index in [1.165, 1.54) is 46.4 Å². The summed E-state index contributed by atoms with van der Waals surface area (Å²) in [7, 11) is 0. The van der Waals surface area contributed by atoms with Crippen LogP contribution in [0.4, 0.5) is 0 Å². The summed E-state index contributed by atoms with van der Waals surface area (Å²) in [6, 6.07) is 19.6. The van der Waals surface area contributed by atoms with Crippen molar-refractivity contribution in [2.24, 2.45) is 0 Å². The van der Waals surface area contributed by atoms with Gasteiger partial charge in [0.2, 0.25) is 5.69 Å². The first-order valence-corrected chi connectivity index (χ1v) is 12.9. The molecule has 35 heavy (non-hydrogen) atoms. The SMILES string of the molecule is C=C1c2ccc(-n3cc(-c4cccc(CCCC)c4)nn3)cc2-c2c(C)ccc[n+]2C1(CC)CC. The molecule has 0 aliphatic carbocycles. The van der Waals surface area contributed by atoms with E-state index < -0.39 is 0 Å². The molecule has 0 fully saturated rings. The lowest BCUT2D eigenvalue weighted by Crippen LogP contribution is -2.59. The number of pyridine rings is 1. The van der Waals surface area contributed by atoms with Gasteiger partial charge >= 0.3 is 0 Å². The summed E-state index contributed by atoms with van der Waals surface area (Å²) in [5.41, 5.74) is 10.4. The van der Waals surface area contributed by atoms with E-state index in [-0.39, 0.29) is 5.54 Å². The molecular weight excluding hydrogens is 428 g/mol. The number of fused-ring (bicyclic) bond motifs is 3. The molecule has 0 atom stereocenters. The summed E-state index contributed by atoms with van der Waals surface area (Å²) < 4.78 is 4.34. The van der Waals surface area contributed by atoms with Crippen molar-refractivity contribution in [3.63, 3.8) is 0 Å². The van der Waals surface area contributed by atoms with Crippen molar-refractivity contribution < 1.29 is 4.57 Å². The third kappa shape index (κ3) is 3.81. The van der Waals surface area contributed by atoms with Crippen LogP contribution < -0.4 is 4.57 Å². The zero-order valence-electron chi connectivity index (χ0n) is 21.4. The number of aryl methyl sites for hydroxylation is 2. The average molecular weight is 464 g/mol. The maximum absolute atomic E-state index is 4.60. The van der Waals surface area contributed by atoms with Crippen LogP contribution in [0.3, 0.4) is 0 Å². The summed E-state index contributed by atoms with van der Waals surface area (Å²) >= 11 is 0. The molecule has 2 aromatic carbocycles. The minimum atomic E-state index is -0.0981. The summed E-state index contributed by atoms with van der Waals surface area (Å²) in [6.07, 6.45) is 9.77. The lowest BCUT2D eigenvalue weighted by atomic mass is 9.75. The Morgan fingerprint density at radius 3 is 2.57 bits per heavy atom. The molecule has 5 rings (SSSR count). The number of rotatable bonds is 7. The van der Waals surface area contributed by atoms with Gasteiger partial charge in [0, 0.05) is 35.6 Å². The van der Waals surface area contributed by atoms with Gasteiger partial charge in [-0.3, -0.25) is 0 Å². The fourth-order valence-electron chi connectivity index (χ4n) is 5.65. The van der Waals surface area contributed by atoms with Crippen LogP contribution in [0.2, 0.25) is 0 Å². The zero-order valence-corrected chi connectivity index (χ0v) is 21.4. The van der Waals surface area contributed by atoms with Crippen LogP contribution in [0.25, 0.3) is 33.8 Å². The van der Waals surface area contributed by atoms with Crippen molar-refractivity contribution in [3.05, 3.63) is 90.3 Å². The maximum atomic E-state index is 4.60. The maximum Gasteiger partial charge on any atom is 0.216 e. The first kappa shape index (κ1) is 23.2. The summed E-state index contributed by atoms with van der Waals surface area (Å²) in [5, 5.41) is 9.01. The van der Waals surface area contributed by atoms with Crippen molar-refractivity contribution >= 4 is 5.57 Å². The van der Waals surface area contributed by atoms with Gasteiger partial charge in [0.25, 0.3) is 0 Å². The van der Waals surface area contributed by atoms with Crippen molar-refractivity contribution in [1.29, 1.82) is 0 Å². The second-order valence-electron chi connectivity index (χ2n) is 9.71. The fourth-order valence-corrected chi connectivity index (χ4v) is 5.65. The Balaban J connectivity index is 1.57. The molecule has 4 heteroatoms. The largest absolute Gasteiger partial charge is 0.220 e. The Bertz CT molecular complexity index is 1390. The number of nitrogens with zero attached hydrogens (tertiary/aromatic N) is 4. The fraction of sp³-hybridized carbons (Fsp3) is 0.323. The topological polar surface area (TPSA) is 34.6 Å². The number of benzene rings is 2. The van der Waals surface area contributed by atoms with E-state index in [0.29, 0.717) is 0 Å². The summed E-state index contributed by atoms with van der Waals surface area (Å²) in [6.45, 7) is 13.6. The molecule has 0 radical (unpaired) electrons. The predicted octanol–water partition coefficient (Wildman–Crippen LogP) is 7.08. The highest BCUT2D eigenvalue weighted by molar-refractivity contribution is 5.84. The molecule has 4 aromatic rings.